The summed E-state index contributed by atoms with van der Waals surface area (Å²) in [6, 6.07) is 16.0. The van der Waals surface area contributed by atoms with E-state index in [0.717, 1.165) is 34.7 Å². The van der Waals surface area contributed by atoms with E-state index < -0.39 is 35.2 Å². The van der Waals surface area contributed by atoms with Crippen molar-refractivity contribution in [2.45, 2.75) is 82.9 Å². The molecule has 1 saturated heterocycles. The van der Waals surface area contributed by atoms with E-state index in [1.54, 1.807) is 14.0 Å². The zero-order chi connectivity index (χ0) is 39.5. The van der Waals surface area contributed by atoms with Gasteiger partial charge in [0.25, 0.3) is 0 Å². The van der Waals surface area contributed by atoms with E-state index in [1.807, 2.05) is 48.5 Å². The van der Waals surface area contributed by atoms with Crippen LogP contribution >= 0.6 is 11.6 Å². The van der Waals surface area contributed by atoms with Crippen LogP contribution in [0.1, 0.15) is 73.5 Å². The fraction of sp³-hybridized carbons (Fsp3) is 0.400. The second-order valence-electron chi connectivity index (χ2n) is 13.8. The number of hydrogen-bond donors (Lipinski definition) is 4. The number of halogens is 4. The molecule has 0 spiro atoms. The maximum atomic E-state index is 14.5. The number of hydrogen-bond acceptors (Lipinski definition) is 9. The van der Waals surface area contributed by atoms with Crippen LogP contribution in [0.25, 0.3) is 22.4 Å². The molecule has 55 heavy (non-hydrogen) atoms. The van der Waals surface area contributed by atoms with Crippen LogP contribution in [0, 0.1) is 0 Å². The Morgan fingerprint density at radius 3 is 2.33 bits per heavy atom. The summed E-state index contributed by atoms with van der Waals surface area (Å²) in [6.45, 7) is 4.02. The third-order valence-corrected chi connectivity index (χ3v) is 10.7. The quantitative estimate of drug-likeness (QED) is 0.0972. The summed E-state index contributed by atoms with van der Waals surface area (Å²) >= 11 is 7.10. The molecule has 0 unspecified atom stereocenters. The summed E-state index contributed by atoms with van der Waals surface area (Å²) in [6.07, 6.45) is -3.13. The van der Waals surface area contributed by atoms with Crippen molar-refractivity contribution in [1.82, 2.24) is 25.9 Å². The number of carboxylic acids is 1. The van der Waals surface area contributed by atoms with Gasteiger partial charge in [-0.1, -0.05) is 61.0 Å². The Morgan fingerprint density at radius 1 is 0.945 bits per heavy atom. The van der Waals surface area contributed by atoms with Gasteiger partial charge in [-0.25, -0.2) is 4.98 Å². The first-order chi connectivity index (χ1) is 26.3. The lowest BCUT2D eigenvalue weighted by atomic mass is 9.94. The predicted octanol–water partition coefficient (Wildman–Crippen LogP) is 7.28. The topological polar surface area (TPSA) is 144 Å². The molecular formula is C40H43ClF3N5O6. The summed E-state index contributed by atoms with van der Waals surface area (Å²) in [7, 11) is 2.84. The summed E-state index contributed by atoms with van der Waals surface area (Å²) < 4.78 is 60.5. The second-order valence-corrected chi connectivity index (χ2v) is 14.2. The lowest BCUT2D eigenvalue weighted by molar-refractivity contribution is -0.144. The minimum Gasteiger partial charge on any atom is -0.481 e. The van der Waals surface area contributed by atoms with Gasteiger partial charge in [0.05, 0.1) is 24.9 Å². The van der Waals surface area contributed by atoms with Crippen LogP contribution in [-0.2, 0) is 35.3 Å². The van der Waals surface area contributed by atoms with Gasteiger partial charge in [-0.15, -0.1) is 0 Å². The van der Waals surface area contributed by atoms with Crippen molar-refractivity contribution in [2.24, 2.45) is 0 Å². The van der Waals surface area contributed by atoms with Gasteiger partial charge in [-0.2, -0.15) is 18.2 Å². The Labute approximate surface area is 322 Å². The van der Waals surface area contributed by atoms with Gasteiger partial charge < -0.3 is 30.0 Å². The van der Waals surface area contributed by atoms with Crippen LogP contribution in [0.2, 0.25) is 5.02 Å². The largest absolute Gasteiger partial charge is 0.481 e. The highest BCUT2D eigenvalue weighted by Gasteiger charge is 2.39. The Bertz CT molecular complexity index is 2080. The predicted molar refractivity (Wildman–Crippen MR) is 200 cm³/mol. The van der Waals surface area contributed by atoms with Crippen molar-refractivity contribution in [3.8, 4) is 40.0 Å². The molecule has 1 aliphatic carbocycles. The number of carbonyl (C=O) groups is 2. The number of pyridine rings is 2. The molecule has 0 radical (unpaired) electrons. The molecular weight excluding hydrogens is 739 g/mol. The normalized spacial score (nSPS) is 17.7. The molecule has 11 nitrogen and oxygen atoms in total. The van der Waals surface area contributed by atoms with Gasteiger partial charge in [0, 0.05) is 54.4 Å². The van der Waals surface area contributed by atoms with Crippen molar-refractivity contribution in [1.29, 1.82) is 0 Å². The minimum atomic E-state index is -4.82. The second kappa shape index (κ2) is 16.4. The number of aliphatic carboxylic acids is 1. The van der Waals surface area contributed by atoms with Gasteiger partial charge in [-0.05, 0) is 61.4 Å². The number of methoxy groups -OCH3 is 2. The van der Waals surface area contributed by atoms with E-state index in [1.165, 1.54) is 14.0 Å². The number of benzene rings is 2. The molecule has 4 aromatic rings. The SMILES string of the molecule is CC[C@](C)(NCc1cc(C(F)(F)F)c(O[C@H]2CCc3c(-c4cccc(-c5ccc(CNC[C@@H]6CCC(=O)N6)c(OC)n5)c4Cl)cccc32)nc1OC)C(=O)O. The van der Waals surface area contributed by atoms with Crippen molar-refractivity contribution < 1.29 is 42.1 Å². The highest BCUT2D eigenvalue weighted by Crippen LogP contribution is 2.46. The number of rotatable bonds is 15. The van der Waals surface area contributed by atoms with E-state index in [9.17, 15) is 27.9 Å². The molecule has 2 aromatic carbocycles. The van der Waals surface area contributed by atoms with Gasteiger partial charge in [0.1, 0.15) is 17.2 Å². The Hall–Kier alpha value is -4.92. The molecule has 292 valence electrons. The molecule has 3 heterocycles. The molecule has 4 N–H and O–H groups in total. The standard InChI is InChI=1S/C40H43ClF3N5O6/c1-5-39(2,38(51)52)46-20-23-18-30(40(42,43)44)37(49-36(23)54-4)55-32-16-14-26-25(8-6-9-27(26)32)28-10-7-11-29(34(28)41)31-15-12-22(35(48-31)53-3)19-45-21-24-13-17-33(50)47-24/h6-12,15,18,24,32,45-46H,5,13-14,16-17,19-21H2,1-4H3,(H,47,50)(H,51,52)/t24-,32-,39-/m0/s1. The van der Waals surface area contributed by atoms with Crippen LogP contribution < -0.4 is 30.2 Å². The minimum absolute atomic E-state index is 0.0424. The van der Waals surface area contributed by atoms with Gasteiger partial charge in [-0.3, -0.25) is 14.9 Å². The number of nitrogens with zero attached hydrogens (tertiary/aromatic N) is 2. The molecule has 2 aliphatic rings. The molecule has 3 atom stereocenters. The van der Waals surface area contributed by atoms with Crippen molar-refractivity contribution in [3.63, 3.8) is 0 Å². The summed E-state index contributed by atoms with van der Waals surface area (Å²) in [5.41, 5.74) is 2.87. The Morgan fingerprint density at radius 2 is 1.65 bits per heavy atom. The zero-order valence-corrected chi connectivity index (χ0v) is 31.7. The average molecular weight is 782 g/mol. The molecule has 0 bridgehead atoms. The maximum Gasteiger partial charge on any atom is 0.421 e. The monoisotopic (exact) mass is 781 g/mol. The number of aromatic nitrogens is 2. The fourth-order valence-electron chi connectivity index (χ4n) is 6.97. The lowest BCUT2D eigenvalue weighted by Gasteiger charge is -2.26. The van der Waals surface area contributed by atoms with Gasteiger partial charge >= 0.3 is 12.1 Å². The molecule has 1 fully saturated rings. The van der Waals surface area contributed by atoms with E-state index >= 15 is 0 Å². The van der Waals surface area contributed by atoms with Crippen LogP contribution in [-0.4, -0.2) is 59.3 Å². The first-order valence-electron chi connectivity index (χ1n) is 18.0. The molecule has 6 rings (SSSR count). The first kappa shape index (κ1) is 39.8. The molecule has 15 heteroatoms. The maximum absolute atomic E-state index is 14.5. The highest BCUT2D eigenvalue weighted by atomic mass is 35.5. The Balaban J connectivity index is 1.25. The zero-order valence-electron chi connectivity index (χ0n) is 30.9. The number of alkyl halides is 3. The number of carboxylic acid groups (broad SMARTS) is 1. The summed E-state index contributed by atoms with van der Waals surface area (Å²) in [5.74, 6) is -1.36. The summed E-state index contributed by atoms with van der Waals surface area (Å²) in [5, 5.41) is 19.2. The van der Waals surface area contributed by atoms with Crippen LogP contribution in [0.15, 0.2) is 54.6 Å². The smallest absolute Gasteiger partial charge is 0.421 e. The van der Waals surface area contributed by atoms with Crippen LogP contribution in [0.4, 0.5) is 13.2 Å². The number of amides is 1. The van der Waals surface area contributed by atoms with Crippen LogP contribution in [0.5, 0.6) is 17.6 Å². The number of nitrogens with one attached hydrogen (secondary N) is 3. The molecule has 1 amide bonds. The average Bonchev–Trinajstić information content (AvgIpc) is 3.78. The van der Waals surface area contributed by atoms with Crippen molar-refractivity contribution >= 4 is 23.5 Å². The Kier molecular flexibility index (Phi) is 11.9. The lowest BCUT2D eigenvalue weighted by Crippen LogP contribution is -2.48. The number of carbonyl (C=O) groups excluding carboxylic acids is 1. The number of fused-ring (bicyclic) bond motifs is 1. The first-order valence-corrected chi connectivity index (χ1v) is 18.4. The van der Waals surface area contributed by atoms with E-state index in [4.69, 9.17) is 30.8 Å². The number of ether oxygens (including phenoxy) is 3. The summed E-state index contributed by atoms with van der Waals surface area (Å²) in [4.78, 5) is 32.2. The molecule has 2 aromatic heterocycles. The van der Waals surface area contributed by atoms with E-state index in [0.29, 0.717) is 60.1 Å². The third-order valence-electron chi connectivity index (χ3n) is 10.3. The molecule has 1 aliphatic heterocycles. The van der Waals surface area contributed by atoms with Gasteiger partial charge in [0.15, 0.2) is 0 Å². The third kappa shape index (κ3) is 8.51. The molecule has 0 saturated carbocycles. The van der Waals surface area contributed by atoms with Gasteiger partial charge in [0.2, 0.25) is 23.5 Å². The fourth-order valence-corrected chi connectivity index (χ4v) is 7.29. The van der Waals surface area contributed by atoms with Crippen molar-refractivity contribution in [3.05, 3.63) is 87.4 Å². The van der Waals surface area contributed by atoms with E-state index in [-0.39, 0.29) is 36.4 Å². The van der Waals surface area contributed by atoms with E-state index in [2.05, 4.69) is 20.9 Å². The highest BCUT2D eigenvalue weighted by molar-refractivity contribution is 6.36. The van der Waals surface area contributed by atoms with Crippen LogP contribution in [0.3, 0.4) is 0 Å². The van der Waals surface area contributed by atoms with Crippen molar-refractivity contribution in [2.75, 3.05) is 20.8 Å².